The molecule has 0 N–H and O–H groups in total. The van der Waals surface area contributed by atoms with Crippen LogP contribution in [-0.2, 0) is 11.3 Å². The van der Waals surface area contributed by atoms with Gasteiger partial charge in [-0.1, -0.05) is 15.9 Å². The molecule has 0 radical (unpaired) electrons. The van der Waals surface area contributed by atoms with Crippen LogP contribution >= 0.6 is 15.9 Å². The summed E-state index contributed by atoms with van der Waals surface area (Å²) in [6, 6.07) is 10.4. The molecule has 1 amide bonds. The highest BCUT2D eigenvalue weighted by Crippen LogP contribution is 2.47. The van der Waals surface area contributed by atoms with Crippen molar-refractivity contribution in [3.8, 4) is 12.1 Å². The number of aromatic nitrogens is 1. The Labute approximate surface area is 169 Å². The van der Waals surface area contributed by atoms with Gasteiger partial charge in [-0.3, -0.25) is 9.78 Å². The van der Waals surface area contributed by atoms with Crippen molar-refractivity contribution in [2.45, 2.75) is 25.6 Å². The predicted octanol–water partition coefficient (Wildman–Crippen LogP) is 3.83. The zero-order valence-corrected chi connectivity index (χ0v) is 16.2. The fourth-order valence-corrected chi connectivity index (χ4v) is 3.62. The Morgan fingerprint density at radius 3 is 2.75 bits per heavy atom. The van der Waals surface area contributed by atoms with Crippen molar-refractivity contribution in [2.24, 2.45) is 5.41 Å². The lowest BCUT2D eigenvalue weighted by Crippen LogP contribution is -2.31. The van der Waals surface area contributed by atoms with Gasteiger partial charge in [-0.15, -0.1) is 0 Å². The Morgan fingerprint density at radius 1 is 1.36 bits per heavy atom. The average Bonchev–Trinajstić information content (AvgIpc) is 3.43. The number of hydrogen-bond donors (Lipinski definition) is 0. The Bertz CT molecular complexity index is 1040. The Balaban J connectivity index is 1.66. The molecule has 1 fully saturated rings. The first-order valence-corrected chi connectivity index (χ1v) is 9.43. The van der Waals surface area contributed by atoms with Gasteiger partial charge in [-0.05, 0) is 37.1 Å². The molecule has 0 bridgehead atoms. The van der Waals surface area contributed by atoms with Crippen LogP contribution in [0.3, 0.4) is 0 Å². The summed E-state index contributed by atoms with van der Waals surface area (Å²) in [6.45, 7) is 0.230. The van der Waals surface area contributed by atoms with Gasteiger partial charge in [0.15, 0.2) is 6.23 Å². The quantitative estimate of drug-likeness (QED) is 0.704. The van der Waals surface area contributed by atoms with Crippen molar-refractivity contribution in [3.05, 3.63) is 63.1 Å². The van der Waals surface area contributed by atoms with Gasteiger partial charge in [0.2, 0.25) is 0 Å². The van der Waals surface area contributed by atoms with E-state index in [2.05, 4.69) is 27.0 Å². The third-order valence-electron chi connectivity index (χ3n) is 5.01. The number of ether oxygens (including phenoxy) is 1. The summed E-state index contributed by atoms with van der Waals surface area (Å²) in [4.78, 5) is 18.6. The number of hydrogen-bond acceptors (Lipinski definition) is 5. The van der Waals surface area contributed by atoms with E-state index in [1.165, 1.54) is 17.2 Å². The monoisotopic (exact) mass is 440 g/mol. The van der Waals surface area contributed by atoms with E-state index in [0.29, 0.717) is 15.7 Å². The molecular weight excluding hydrogens is 427 g/mol. The lowest BCUT2D eigenvalue weighted by molar-refractivity contribution is -0.0552. The first-order chi connectivity index (χ1) is 13.5. The van der Waals surface area contributed by atoms with Gasteiger partial charge in [0.1, 0.15) is 11.9 Å². The second-order valence-corrected chi connectivity index (χ2v) is 7.90. The van der Waals surface area contributed by atoms with Gasteiger partial charge in [0, 0.05) is 16.2 Å². The summed E-state index contributed by atoms with van der Waals surface area (Å²) in [5, 5.41) is 18.2. The number of carbonyl (C=O) groups excluding carboxylic acids is 1. The molecule has 140 valence electrons. The average molecular weight is 441 g/mol. The van der Waals surface area contributed by atoms with Crippen molar-refractivity contribution >= 4 is 21.8 Å². The number of pyridine rings is 1. The van der Waals surface area contributed by atoms with Gasteiger partial charge in [0.05, 0.1) is 41.5 Å². The minimum Gasteiger partial charge on any atom is -0.352 e. The fraction of sp³-hybridized carbons (Fsp3) is 0.300. The molecule has 2 aliphatic rings. The van der Waals surface area contributed by atoms with Gasteiger partial charge in [-0.25, -0.2) is 4.39 Å². The van der Waals surface area contributed by atoms with Crippen LogP contribution in [-0.4, -0.2) is 22.4 Å². The first kappa shape index (κ1) is 18.5. The van der Waals surface area contributed by atoms with Gasteiger partial charge in [-0.2, -0.15) is 10.5 Å². The number of benzene rings is 1. The Kier molecular flexibility index (Phi) is 4.62. The van der Waals surface area contributed by atoms with Crippen molar-refractivity contribution in [2.75, 3.05) is 6.61 Å². The molecule has 0 saturated heterocycles. The van der Waals surface area contributed by atoms with Gasteiger partial charge in [0.25, 0.3) is 5.91 Å². The summed E-state index contributed by atoms with van der Waals surface area (Å²) < 4.78 is 21.1. The smallest absolute Gasteiger partial charge is 0.257 e. The van der Waals surface area contributed by atoms with Gasteiger partial charge >= 0.3 is 0 Å². The van der Waals surface area contributed by atoms with E-state index in [1.54, 1.807) is 18.2 Å². The van der Waals surface area contributed by atoms with Crippen molar-refractivity contribution < 1.29 is 13.9 Å². The number of carbonyl (C=O) groups is 1. The van der Waals surface area contributed by atoms with E-state index in [9.17, 15) is 14.4 Å². The number of nitrogens with zero attached hydrogens (tertiary/aromatic N) is 4. The maximum absolute atomic E-state index is 14.7. The highest BCUT2D eigenvalue weighted by Gasteiger charge is 2.47. The number of rotatable bonds is 5. The Morgan fingerprint density at radius 2 is 2.14 bits per heavy atom. The van der Waals surface area contributed by atoms with Gasteiger partial charge < -0.3 is 9.64 Å². The van der Waals surface area contributed by atoms with Crippen LogP contribution in [0.15, 0.2) is 34.9 Å². The summed E-state index contributed by atoms with van der Waals surface area (Å²) in [5.41, 5.74) is 0.820. The third-order valence-corrected chi connectivity index (χ3v) is 5.47. The largest absolute Gasteiger partial charge is 0.352 e. The molecule has 1 aliphatic carbocycles. The lowest BCUT2D eigenvalue weighted by atomic mass is 10.1. The van der Waals surface area contributed by atoms with Crippen LogP contribution in [0.1, 0.15) is 46.2 Å². The summed E-state index contributed by atoms with van der Waals surface area (Å²) >= 11 is 3.22. The number of nitriles is 2. The number of fused-ring (bicyclic) bond motifs is 1. The molecule has 1 aromatic carbocycles. The van der Waals surface area contributed by atoms with Crippen LogP contribution in [0.2, 0.25) is 0 Å². The molecule has 1 aromatic heterocycles. The maximum atomic E-state index is 14.7. The van der Waals surface area contributed by atoms with Crippen LogP contribution in [0.5, 0.6) is 0 Å². The molecule has 1 atom stereocenters. The maximum Gasteiger partial charge on any atom is 0.257 e. The zero-order valence-electron chi connectivity index (χ0n) is 14.7. The highest BCUT2D eigenvalue weighted by atomic mass is 79.9. The fourth-order valence-electron chi connectivity index (χ4n) is 3.19. The minimum absolute atomic E-state index is 0.0977. The summed E-state index contributed by atoms with van der Waals surface area (Å²) in [6.07, 6.45) is 1.96. The van der Waals surface area contributed by atoms with E-state index in [-0.39, 0.29) is 30.2 Å². The van der Waals surface area contributed by atoms with Crippen molar-refractivity contribution in [1.29, 1.82) is 10.5 Å². The Hall–Kier alpha value is -2.81. The summed E-state index contributed by atoms with van der Waals surface area (Å²) in [5.74, 6) is -0.909. The van der Waals surface area contributed by atoms with Crippen LogP contribution in [0, 0.1) is 33.9 Å². The summed E-state index contributed by atoms with van der Waals surface area (Å²) in [7, 11) is 0. The zero-order chi connectivity index (χ0) is 19.9. The van der Waals surface area contributed by atoms with Crippen molar-refractivity contribution in [1.82, 2.24) is 9.88 Å². The van der Waals surface area contributed by atoms with Crippen molar-refractivity contribution in [3.63, 3.8) is 0 Å². The molecule has 6 nitrogen and oxygen atoms in total. The predicted molar refractivity (Wildman–Crippen MR) is 98.9 cm³/mol. The topological polar surface area (TPSA) is 90.0 Å². The SMILES string of the molecule is N#Cc1ccc(CN2C(=O)c3cc(Br)cc(F)c3C2OCC2(C#N)CC2)nc1. The normalized spacial score (nSPS) is 19.1. The molecule has 28 heavy (non-hydrogen) atoms. The molecular formula is C20H14BrFN4O2. The number of amides is 1. The highest BCUT2D eigenvalue weighted by molar-refractivity contribution is 9.10. The first-order valence-electron chi connectivity index (χ1n) is 8.64. The third kappa shape index (κ3) is 3.26. The lowest BCUT2D eigenvalue weighted by Gasteiger charge is -2.26. The van der Waals surface area contributed by atoms with Crippen LogP contribution in [0.25, 0.3) is 0 Å². The van der Waals surface area contributed by atoms with E-state index < -0.39 is 17.5 Å². The van der Waals surface area contributed by atoms with Crippen LogP contribution < -0.4 is 0 Å². The molecule has 2 heterocycles. The van der Waals surface area contributed by atoms with E-state index in [0.717, 1.165) is 12.8 Å². The van der Waals surface area contributed by atoms with Crippen LogP contribution in [0.4, 0.5) is 4.39 Å². The van der Waals surface area contributed by atoms with E-state index in [4.69, 9.17) is 10.00 Å². The van der Waals surface area contributed by atoms with E-state index >= 15 is 0 Å². The van der Waals surface area contributed by atoms with E-state index in [1.807, 2.05) is 6.07 Å². The molecule has 1 unspecified atom stereocenters. The second kappa shape index (κ2) is 6.97. The second-order valence-electron chi connectivity index (χ2n) is 6.99. The molecule has 0 spiro atoms. The molecule has 1 saturated carbocycles. The molecule has 8 heteroatoms. The standard InChI is InChI=1S/C20H14BrFN4O2/c21-13-5-15-17(16(22)6-13)19(28-11-20(10-24)3-4-20)26(18(15)27)9-14-2-1-12(7-23)8-25-14/h1-2,5-6,8,19H,3-4,9,11H2. The molecule has 1 aliphatic heterocycles. The molecule has 4 rings (SSSR count). The molecule has 2 aromatic rings. The number of halogens is 2. The minimum atomic E-state index is -0.932.